The topological polar surface area (TPSA) is 79.5 Å². The van der Waals surface area contributed by atoms with Crippen molar-refractivity contribution >= 4 is 11.9 Å². The number of hydrogen-bond acceptors (Lipinski definition) is 3. The normalized spacial score (nSPS) is 11.9. The van der Waals surface area contributed by atoms with Crippen LogP contribution in [0.5, 0.6) is 0 Å². The van der Waals surface area contributed by atoms with Gasteiger partial charge in [-0.3, -0.25) is 4.79 Å². The maximum absolute atomic E-state index is 12.2. The lowest BCUT2D eigenvalue weighted by Crippen LogP contribution is -2.40. The Kier molecular flexibility index (Phi) is 5.36. The van der Waals surface area contributed by atoms with E-state index in [1.165, 1.54) is 0 Å². The van der Waals surface area contributed by atoms with E-state index in [9.17, 15) is 14.7 Å². The van der Waals surface area contributed by atoms with Crippen molar-refractivity contribution in [2.45, 2.75) is 32.2 Å². The molecule has 1 atom stereocenters. The summed E-state index contributed by atoms with van der Waals surface area (Å²) in [5.74, 6) is -1.39. The van der Waals surface area contributed by atoms with Crippen molar-refractivity contribution in [3.05, 3.63) is 48.4 Å². The molecule has 1 unspecified atom stereocenters. The number of rotatable bonds is 7. The molecule has 1 heterocycles. The summed E-state index contributed by atoms with van der Waals surface area (Å²) in [7, 11) is 0. The number of carboxylic acid groups (broad SMARTS) is 1. The number of benzene rings is 1. The van der Waals surface area contributed by atoms with Crippen molar-refractivity contribution in [3.8, 4) is 11.1 Å². The van der Waals surface area contributed by atoms with Gasteiger partial charge in [0.05, 0.1) is 12.5 Å². The van der Waals surface area contributed by atoms with Gasteiger partial charge >= 0.3 is 5.97 Å². The Morgan fingerprint density at radius 3 is 2.73 bits per heavy atom. The number of carbonyl (C=O) groups excluding carboxylic acids is 1. The Bertz CT molecular complexity index is 634. The Balaban J connectivity index is 2.12. The van der Waals surface area contributed by atoms with Gasteiger partial charge in [-0.15, -0.1) is 0 Å². The quantitative estimate of drug-likeness (QED) is 0.822. The predicted molar refractivity (Wildman–Crippen MR) is 82.6 cm³/mol. The molecule has 0 aliphatic heterocycles. The molecule has 2 aromatic rings. The molecular formula is C17H19NO4. The van der Waals surface area contributed by atoms with Crippen molar-refractivity contribution in [1.29, 1.82) is 0 Å². The third-order valence-electron chi connectivity index (χ3n) is 3.43. The number of unbranched alkanes of at least 4 members (excludes halogenated alkanes) is 1. The highest BCUT2D eigenvalue weighted by Crippen LogP contribution is 2.20. The average Bonchev–Trinajstić information content (AvgIpc) is 3.05. The molecule has 0 aliphatic rings. The molecule has 0 radical (unpaired) electrons. The van der Waals surface area contributed by atoms with Gasteiger partial charge in [0.1, 0.15) is 6.04 Å². The number of amides is 1. The van der Waals surface area contributed by atoms with Crippen LogP contribution in [-0.4, -0.2) is 23.0 Å². The maximum Gasteiger partial charge on any atom is 0.326 e. The first-order chi connectivity index (χ1) is 10.6. The molecule has 22 heavy (non-hydrogen) atoms. The molecule has 0 aliphatic carbocycles. The van der Waals surface area contributed by atoms with Gasteiger partial charge in [-0.05, 0) is 30.2 Å². The van der Waals surface area contributed by atoms with Gasteiger partial charge in [-0.25, -0.2) is 4.79 Å². The van der Waals surface area contributed by atoms with E-state index < -0.39 is 12.0 Å². The van der Waals surface area contributed by atoms with Gasteiger partial charge in [-0.2, -0.15) is 0 Å². The van der Waals surface area contributed by atoms with Crippen LogP contribution in [0.4, 0.5) is 0 Å². The number of nitrogens with one attached hydrogen (secondary N) is 1. The molecular weight excluding hydrogens is 282 g/mol. The van der Waals surface area contributed by atoms with Crippen molar-refractivity contribution in [2.24, 2.45) is 0 Å². The smallest absolute Gasteiger partial charge is 0.326 e. The molecule has 2 N–H and O–H groups in total. The third-order valence-corrected chi connectivity index (χ3v) is 3.43. The van der Waals surface area contributed by atoms with E-state index in [1.807, 2.05) is 13.0 Å². The minimum Gasteiger partial charge on any atom is -0.480 e. The lowest BCUT2D eigenvalue weighted by Gasteiger charge is -2.14. The van der Waals surface area contributed by atoms with Gasteiger partial charge in [-0.1, -0.05) is 31.9 Å². The zero-order chi connectivity index (χ0) is 15.9. The van der Waals surface area contributed by atoms with Gasteiger partial charge < -0.3 is 14.8 Å². The molecule has 5 nitrogen and oxygen atoms in total. The predicted octanol–water partition coefficient (Wildman–Crippen LogP) is 3.32. The summed E-state index contributed by atoms with van der Waals surface area (Å²) in [6.07, 6.45) is 5.23. The molecule has 1 amide bonds. The maximum atomic E-state index is 12.2. The Labute approximate surface area is 129 Å². The van der Waals surface area contributed by atoms with E-state index in [0.717, 1.165) is 24.0 Å². The Morgan fingerprint density at radius 2 is 2.09 bits per heavy atom. The molecule has 0 spiro atoms. The highest BCUT2D eigenvalue weighted by atomic mass is 16.4. The first kappa shape index (κ1) is 15.8. The van der Waals surface area contributed by atoms with Gasteiger partial charge in [0, 0.05) is 11.1 Å². The lowest BCUT2D eigenvalue weighted by molar-refractivity contribution is -0.139. The fourth-order valence-corrected chi connectivity index (χ4v) is 2.18. The molecule has 2 rings (SSSR count). The molecule has 0 saturated heterocycles. The molecule has 0 fully saturated rings. The molecule has 1 aromatic heterocycles. The summed E-state index contributed by atoms with van der Waals surface area (Å²) in [6, 6.07) is 7.96. The average molecular weight is 301 g/mol. The molecule has 116 valence electrons. The van der Waals surface area contributed by atoms with Crippen molar-refractivity contribution < 1.29 is 19.1 Å². The fourth-order valence-electron chi connectivity index (χ4n) is 2.18. The number of hydrogen-bond donors (Lipinski definition) is 2. The molecule has 1 aromatic carbocycles. The molecule has 5 heteroatoms. The van der Waals surface area contributed by atoms with Gasteiger partial charge in [0.25, 0.3) is 5.91 Å². The van der Waals surface area contributed by atoms with Crippen LogP contribution in [0, 0.1) is 0 Å². The van der Waals surface area contributed by atoms with Crippen LogP contribution in [0.3, 0.4) is 0 Å². The Morgan fingerprint density at radius 1 is 1.27 bits per heavy atom. The second kappa shape index (κ2) is 7.45. The summed E-state index contributed by atoms with van der Waals surface area (Å²) in [6.45, 7) is 1.98. The van der Waals surface area contributed by atoms with E-state index in [4.69, 9.17) is 4.42 Å². The first-order valence-electron chi connectivity index (χ1n) is 7.28. The fraction of sp³-hybridized carbons (Fsp3) is 0.294. The van der Waals surface area contributed by atoms with Gasteiger partial charge in [0.15, 0.2) is 0 Å². The van der Waals surface area contributed by atoms with Crippen LogP contribution in [0.2, 0.25) is 0 Å². The first-order valence-corrected chi connectivity index (χ1v) is 7.28. The summed E-state index contributed by atoms with van der Waals surface area (Å²) in [5, 5.41) is 11.8. The van der Waals surface area contributed by atoms with E-state index in [2.05, 4.69) is 5.32 Å². The molecule has 0 saturated carbocycles. The number of furan rings is 1. The van der Waals surface area contributed by atoms with Crippen molar-refractivity contribution in [3.63, 3.8) is 0 Å². The largest absolute Gasteiger partial charge is 0.480 e. The molecule has 0 bridgehead atoms. The highest BCUT2D eigenvalue weighted by molar-refractivity contribution is 5.97. The third kappa shape index (κ3) is 3.97. The van der Waals surface area contributed by atoms with Crippen LogP contribution >= 0.6 is 0 Å². The Hall–Kier alpha value is -2.56. The lowest BCUT2D eigenvalue weighted by atomic mass is 10.0. The summed E-state index contributed by atoms with van der Waals surface area (Å²) >= 11 is 0. The number of aliphatic carboxylic acids is 1. The minimum atomic E-state index is -1.01. The standard InChI is InChI=1S/C17H19NO4/c1-2-3-7-15(17(20)21)18-16(19)13-6-4-5-12(10-13)14-8-9-22-11-14/h4-6,8-11,15H,2-3,7H2,1H3,(H,18,19)(H,20,21). The van der Waals surface area contributed by atoms with Crippen LogP contribution < -0.4 is 5.32 Å². The zero-order valence-electron chi connectivity index (χ0n) is 12.4. The van der Waals surface area contributed by atoms with Gasteiger partial charge in [0.2, 0.25) is 0 Å². The van der Waals surface area contributed by atoms with Crippen LogP contribution in [0.1, 0.15) is 36.5 Å². The monoisotopic (exact) mass is 301 g/mol. The summed E-state index contributed by atoms with van der Waals surface area (Å²) in [5.41, 5.74) is 2.15. The number of carboxylic acids is 1. The van der Waals surface area contributed by atoms with E-state index in [1.54, 1.807) is 36.8 Å². The van der Waals surface area contributed by atoms with E-state index >= 15 is 0 Å². The van der Waals surface area contributed by atoms with Crippen LogP contribution in [-0.2, 0) is 4.79 Å². The number of carbonyl (C=O) groups is 2. The van der Waals surface area contributed by atoms with E-state index in [0.29, 0.717) is 12.0 Å². The van der Waals surface area contributed by atoms with Crippen LogP contribution in [0.25, 0.3) is 11.1 Å². The van der Waals surface area contributed by atoms with Crippen molar-refractivity contribution in [2.75, 3.05) is 0 Å². The van der Waals surface area contributed by atoms with Crippen LogP contribution in [0.15, 0.2) is 47.3 Å². The highest BCUT2D eigenvalue weighted by Gasteiger charge is 2.20. The minimum absolute atomic E-state index is 0.381. The van der Waals surface area contributed by atoms with Crippen molar-refractivity contribution in [1.82, 2.24) is 5.32 Å². The zero-order valence-corrected chi connectivity index (χ0v) is 12.4. The second-order valence-corrected chi connectivity index (χ2v) is 5.10. The second-order valence-electron chi connectivity index (χ2n) is 5.10. The SMILES string of the molecule is CCCCC(NC(=O)c1cccc(-c2ccoc2)c1)C(=O)O. The van der Waals surface area contributed by atoms with E-state index in [-0.39, 0.29) is 5.91 Å². The summed E-state index contributed by atoms with van der Waals surface area (Å²) in [4.78, 5) is 23.4. The summed E-state index contributed by atoms with van der Waals surface area (Å²) < 4.78 is 5.03.